The first-order valence-corrected chi connectivity index (χ1v) is 4.32. The SMILES string of the molecule is C/C=C/C=C(\C)C(=O)OCC1CO1. The molecule has 1 saturated heterocycles. The van der Waals surface area contributed by atoms with Crippen LogP contribution in [-0.4, -0.2) is 25.3 Å². The Bertz CT molecular complexity index is 237. The summed E-state index contributed by atoms with van der Waals surface area (Å²) in [4.78, 5) is 11.2. The van der Waals surface area contributed by atoms with Crippen LogP contribution in [0.3, 0.4) is 0 Å². The number of rotatable bonds is 4. The molecular weight excluding hydrogens is 168 g/mol. The van der Waals surface area contributed by atoms with E-state index < -0.39 is 0 Å². The molecule has 13 heavy (non-hydrogen) atoms. The Morgan fingerprint density at radius 2 is 2.38 bits per heavy atom. The van der Waals surface area contributed by atoms with E-state index in [1.54, 1.807) is 13.0 Å². The van der Waals surface area contributed by atoms with E-state index in [-0.39, 0.29) is 12.1 Å². The van der Waals surface area contributed by atoms with Gasteiger partial charge >= 0.3 is 5.97 Å². The zero-order valence-electron chi connectivity index (χ0n) is 7.95. The van der Waals surface area contributed by atoms with Gasteiger partial charge in [0.1, 0.15) is 12.7 Å². The van der Waals surface area contributed by atoms with Gasteiger partial charge in [-0.3, -0.25) is 0 Å². The summed E-state index contributed by atoms with van der Waals surface area (Å²) in [6, 6.07) is 0. The number of epoxide rings is 1. The predicted molar refractivity (Wildman–Crippen MR) is 49.3 cm³/mol. The maximum absolute atomic E-state index is 11.2. The summed E-state index contributed by atoms with van der Waals surface area (Å²) >= 11 is 0. The van der Waals surface area contributed by atoms with E-state index in [2.05, 4.69) is 0 Å². The monoisotopic (exact) mass is 182 g/mol. The first-order valence-electron chi connectivity index (χ1n) is 4.32. The van der Waals surface area contributed by atoms with Crippen LogP contribution in [0.5, 0.6) is 0 Å². The fourth-order valence-electron chi connectivity index (χ4n) is 0.755. The van der Waals surface area contributed by atoms with Crippen LogP contribution >= 0.6 is 0 Å². The Labute approximate surface area is 78.0 Å². The van der Waals surface area contributed by atoms with Gasteiger partial charge in [0.25, 0.3) is 0 Å². The van der Waals surface area contributed by atoms with Crippen molar-refractivity contribution in [1.82, 2.24) is 0 Å². The Morgan fingerprint density at radius 1 is 1.69 bits per heavy atom. The number of hydrogen-bond donors (Lipinski definition) is 0. The fourth-order valence-corrected chi connectivity index (χ4v) is 0.755. The summed E-state index contributed by atoms with van der Waals surface area (Å²) in [6.45, 7) is 4.72. The molecule has 1 aliphatic heterocycles. The van der Waals surface area contributed by atoms with Crippen molar-refractivity contribution in [3.8, 4) is 0 Å². The number of carbonyl (C=O) groups is 1. The molecule has 0 bridgehead atoms. The molecule has 0 radical (unpaired) electrons. The number of carbonyl (C=O) groups excluding carboxylic acids is 1. The van der Waals surface area contributed by atoms with Gasteiger partial charge < -0.3 is 9.47 Å². The molecule has 1 fully saturated rings. The van der Waals surface area contributed by atoms with Crippen molar-refractivity contribution in [3.63, 3.8) is 0 Å². The van der Waals surface area contributed by atoms with Crippen molar-refractivity contribution >= 4 is 5.97 Å². The van der Waals surface area contributed by atoms with Gasteiger partial charge in [-0.05, 0) is 13.8 Å². The molecule has 0 aromatic carbocycles. The normalized spacial score (nSPS) is 22.0. The number of hydrogen-bond acceptors (Lipinski definition) is 3. The number of allylic oxidation sites excluding steroid dienone is 3. The second-order valence-corrected chi connectivity index (χ2v) is 2.93. The molecule has 0 aromatic rings. The van der Waals surface area contributed by atoms with E-state index in [0.29, 0.717) is 18.8 Å². The highest BCUT2D eigenvalue weighted by Crippen LogP contribution is 2.09. The molecule has 3 heteroatoms. The second-order valence-electron chi connectivity index (χ2n) is 2.93. The zero-order chi connectivity index (χ0) is 9.68. The third-order valence-corrected chi connectivity index (χ3v) is 1.66. The maximum atomic E-state index is 11.2. The molecule has 1 unspecified atom stereocenters. The number of ether oxygens (including phenoxy) is 2. The lowest BCUT2D eigenvalue weighted by atomic mass is 10.3. The highest BCUT2D eigenvalue weighted by atomic mass is 16.6. The topological polar surface area (TPSA) is 38.8 Å². The van der Waals surface area contributed by atoms with Crippen LogP contribution in [0.25, 0.3) is 0 Å². The third-order valence-electron chi connectivity index (χ3n) is 1.66. The fraction of sp³-hybridized carbons (Fsp3) is 0.500. The second kappa shape index (κ2) is 4.82. The standard InChI is InChI=1S/C10H14O3/c1-3-4-5-8(2)10(11)13-7-9-6-12-9/h3-5,9H,6-7H2,1-2H3/b4-3+,8-5+. The Hall–Kier alpha value is -1.09. The highest BCUT2D eigenvalue weighted by Gasteiger charge is 2.24. The van der Waals surface area contributed by atoms with Crippen molar-refractivity contribution in [2.45, 2.75) is 20.0 Å². The molecule has 1 aliphatic rings. The summed E-state index contributed by atoms with van der Waals surface area (Å²) in [5, 5.41) is 0. The van der Waals surface area contributed by atoms with Gasteiger partial charge in [0.2, 0.25) is 0 Å². The molecule has 0 amide bonds. The van der Waals surface area contributed by atoms with Crippen LogP contribution in [-0.2, 0) is 14.3 Å². The van der Waals surface area contributed by atoms with Gasteiger partial charge in [0.05, 0.1) is 6.61 Å². The van der Waals surface area contributed by atoms with Gasteiger partial charge in [-0.2, -0.15) is 0 Å². The van der Waals surface area contributed by atoms with E-state index in [1.807, 2.05) is 19.1 Å². The molecule has 72 valence electrons. The van der Waals surface area contributed by atoms with E-state index in [0.717, 1.165) is 0 Å². The van der Waals surface area contributed by atoms with Gasteiger partial charge in [-0.1, -0.05) is 18.2 Å². The minimum Gasteiger partial charge on any atom is -0.459 e. The minimum absolute atomic E-state index is 0.137. The van der Waals surface area contributed by atoms with Crippen LogP contribution in [0.15, 0.2) is 23.8 Å². The van der Waals surface area contributed by atoms with Crippen LogP contribution in [0.2, 0.25) is 0 Å². The van der Waals surface area contributed by atoms with Gasteiger partial charge in [0, 0.05) is 5.57 Å². The van der Waals surface area contributed by atoms with E-state index in [4.69, 9.17) is 9.47 Å². The van der Waals surface area contributed by atoms with Crippen molar-refractivity contribution in [2.24, 2.45) is 0 Å². The lowest BCUT2D eigenvalue weighted by molar-refractivity contribution is -0.139. The number of esters is 1. The Morgan fingerprint density at radius 3 is 2.92 bits per heavy atom. The summed E-state index contributed by atoms with van der Waals surface area (Å²) in [5.74, 6) is -0.270. The lowest BCUT2D eigenvalue weighted by Gasteiger charge is -2.01. The molecule has 0 aliphatic carbocycles. The third kappa shape index (κ3) is 3.90. The molecular formula is C10H14O3. The molecule has 0 aromatic heterocycles. The summed E-state index contributed by atoms with van der Waals surface area (Å²) < 4.78 is 9.87. The van der Waals surface area contributed by atoms with E-state index in [9.17, 15) is 4.79 Å². The molecule has 0 saturated carbocycles. The van der Waals surface area contributed by atoms with Crippen LogP contribution < -0.4 is 0 Å². The minimum atomic E-state index is -0.270. The Balaban J connectivity index is 2.27. The predicted octanol–water partition coefficient (Wildman–Crippen LogP) is 1.45. The van der Waals surface area contributed by atoms with E-state index in [1.165, 1.54) is 0 Å². The van der Waals surface area contributed by atoms with Crippen LogP contribution in [0.1, 0.15) is 13.8 Å². The van der Waals surface area contributed by atoms with Crippen LogP contribution in [0, 0.1) is 0 Å². The quantitative estimate of drug-likeness (QED) is 0.286. The Kier molecular flexibility index (Phi) is 3.71. The molecule has 3 nitrogen and oxygen atoms in total. The summed E-state index contributed by atoms with van der Waals surface area (Å²) in [7, 11) is 0. The van der Waals surface area contributed by atoms with Crippen molar-refractivity contribution < 1.29 is 14.3 Å². The summed E-state index contributed by atoms with van der Waals surface area (Å²) in [6.07, 6.45) is 5.54. The van der Waals surface area contributed by atoms with Gasteiger partial charge in [-0.15, -0.1) is 0 Å². The zero-order valence-corrected chi connectivity index (χ0v) is 7.95. The van der Waals surface area contributed by atoms with Crippen molar-refractivity contribution in [3.05, 3.63) is 23.8 Å². The van der Waals surface area contributed by atoms with Gasteiger partial charge in [-0.25, -0.2) is 4.79 Å². The maximum Gasteiger partial charge on any atom is 0.333 e. The largest absolute Gasteiger partial charge is 0.459 e. The molecule has 1 heterocycles. The first-order chi connectivity index (χ1) is 6.24. The summed E-state index contributed by atoms with van der Waals surface area (Å²) in [5.41, 5.74) is 0.610. The lowest BCUT2D eigenvalue weighted by Crippen LogP contribution is -2.10. The van der Waals surface area contributed by atoms with Crippen LogP contribution in [0.4, 0.5) is 0 Å². The molecule has 0 spiro atoms. The highest BCUT2D eigenvalue weighted by molar-refractivity contribution is 5.88. The molecule has 1 atom stereocenters. The van der Waals surface area contributed by atoms with Crippen molar-refractivity contribution in [1.29, 1.82) is 0 Å². The average molecular weight is 182 g/mol. The smallest absolute Gasteiger partial charge is 0.333 e. The first kappa shape index (κ1) is 9.99. The molecule has 1 rings (SSSR count). The van der Waals surface area contributed by atoms with Gasteiger partial charge in [0.15, 0.2) is 0 Å². The molecule has 0 N–H and O–H groups in total. The van der Waals surface area contributed by atoms with Crippen molar-refractivity contribution in [2.75, 3.05) is 13.2 Å². The van der Waals surface area contributed by atoms with E-state index >= 15 is 0 Å². The average Bonchev–Trinajstić information content (AvgIpc) is 2.93.